The number of anilines is 2. The number of nitrogens with zero attached hydrogens (tertiary/aromatic N) is 4. The summed E-state index contributed by atoms with van der Waals surface area (Å²) < 4.78 is 14.8. The molecule has 3 heterocycles. The molecular formula is C26H28FN7O. The van der Waals surface area contributed by atoms with Crippen LogP contribution < -0.4 is 16.0 Å². The number of nitrogens with one attached hydrogen (secondary N) is 3. The fraction of sp³-hybridized carbons (Fsp3) is 0.269. The van der Waals surface area contributed by atoms with Gasteiger partial charge in [-0.2, -0.15) is 4.98 Å². The summed E-state index contributed by atoms with van der Waals surface area (Å²) >= 11 is 0. The van der Waals surface area contributed by atoms with Gasteiger partial charge in [0.15, 0.2) is 5.65 Å². The molecule has 5 rings (SSSR count). The Morgan fingerprint density at radius 3 is 2.69 bits per heavy atom. The second-order valence-electron chi connectivity index (χ2n) is 8.51. The van der Waals surface area contributed by atoms with Crippen molar-refractivity contribution in [1.82, 2.24) is 30.1 Å². The smallest absolute Gasteiger partial charge is 0.251 e. The number of hydrogen-bond donors (Lipinski definition) is 3. The van der Waals surface area contributed by atoms with Gasteiger partial charge in [-0.05, 0) is 53.6 Å². The Hall–Kier alpha value is -3.82. The van der Waals surface area contributed by atoms with Gasteiger partial charge in [-0.3, -0.25) is 9.69 Å². The lowest BCUT2D eigenvalue weighted by Gasteiger charge is -2.27. The summed E-state index contributed by atoms with van der Waals surface area (Å²) in [6.07, 6.45) is 1.82. The van der Waals surface area contributed by atoms with E-state index in [0.717, 1.165) is 49.5 Å². The predicted molar refractivity (Wildman–Crippen MR) is 135 cm³/mol. The first-order valence-corrected chi connectivity index (χ1v) is 11.8. The minimum atomic E-state index is -0.513. The monoisotopic (exact) mass is 473 g/mol. The molecule has 8 nitrogen and oxygen atoms in total. The minimum Gasteiger partial charge on any atom is -0.351 e. The molecule has 2 aromatic heterocycles. The number of alkyl halides is 1. The Kier molecular flexibility index (Phi) is 6.97. The Bertz CT molecular complexity index is 1300. The third-order valence-electron chi connectivity index (χ3n) is 6.08. The van der Waals surface area contributed by atoms with Gasteiger partial charge in [0, 0.05) is 62.3 Å². The number of rotatable bonds is 8. The summed E-state index contributed by atoms with van der Waals surface area (Å²) in [4.78, 5) is 19.5. The third-order valence-corrected chi connectivity index (χ3v) is 6.08. The molecule has 2 aromatic carbocycles. The molecule has 180 valence electrons. The van der Waals surface area contributed by atoms with E-state index in [4.69, 9.17) is 0 Å². The molecule has 1 saturated heterocycles. The summed E-state index contributed by atoms with van der Waals surface area (Å²) in [5.74, 6) is 0.352. The van der Waals surface area contributed by atoms with Crippen molar-refractivity contribution in [3.63, 3.8) is 0 Å². The normalized spacial score (nSPS) is 14.2. The Morgan fingerprint density at radius 1 is 1.06 bits per heavy atom. The number of hydrogen-bond acceptors (Lipinski definition) is 6. The lowest BCUT2D eigenvalue weighted by Crippen LogP contribution is -2.46. The lowest BCUT2D eigenvalue weighted by atomic mass is 10.0. The van der Waals surface area contributed by atoms with Gasteiger partial charge in [0.25, 0.3) is 5.91 Å². The zero-order valence-corrected chi connectivity index (χ0v) is 19.4. The largest absolute Gasteiger partial charge is 0.351 e. The Morgan fingerprint density at radius 2 is 1.89 bits per heavy atom. The highest BCUT2D eigenvalue weighted by Crippen LogP contribution is 2.26. The number of pyridine rings is 1. The first-order chi connectivity index (χ1) is 17.2. The molecule has 0 spiro atoms. The highest BCUT2D eigenvalue weighted by atomic mass is 19.1. The average molecular weight is 474 g/mol. The highest BCUT2D eigenvalue weighted by Gasteiger charge is 2.12. The van der Waals surface area contributed by atoms with Gasteiger partial charge in [0.2, 0.25) is 5.95 Å². The quantitative estimate of drug-likeness (QED) is 0.364. The second-order valence-corrected chi connectivity index (χ2v) is 8.51. The van der Waals surface area contributed by atoms with Crippen LogP contribution in [0, 0.1) is 0 Å². The van der Waals surface area contributed by atoms with Crippen LogP contribution in [0.15, 0.2) is 66.9 Å². The molecule has 0 aliphatic carbocycles. The molecule has 4 aromatic rings. The van der Waals surface area contributed by atoms with Gasteiger partial charge in [0.05, 0.1) is 0 Å². The molecule has 0 radical (unpaired) electrons. The van der Waals surface area contributed by atoms with E-state index < -0.39 is 6.67 Å². The van der Waals surface area contributed by atoms with Crippen molar-refractivity contribution < 1.29 is 9.18 Å². The van der Waals surface area contributed by atoms with Crippen LogP contribution in [0.5, 0.6) is 0 Å². The van der Waals surface area contributed by atoms with Gasteiger partial charge < -0.3 is 16.0 Å². The molecule has 3 N–H and O–H groups in total. The number of halogens is 1. The van der Waals surface area contributed by atoms with Crippen LogP contribution >= 0.6 is 0 Å². The summed E-state index contributed by atoms with van der Waals surface area (Å²) in [5.41, 5.74) is 4.43. The highest BCUT2D eigenvalue weighted by molar-refractivity contribution is 5.94. The predicted octanol–water partition coefficient (Wildman–Crippen LogP) is 3.24. The van der Waals surface area contributed by atoms with E-state index in [1.807, 2.05) is 48.7 Å². The maximum Gasteiger partial charge on any atom is 0.251 e. The molecule has 0 atom stereocenters. The van der Waals surface area contributed by atoms with E-state index in [0.29, 0.717) is 29.3 Å². The SMILES string of the molecule is O=C(NCCN1CCNCC1)c1ccc(Nc2nc3c(-c4cccc(CF)c4)cccn3n2)cc1. The fourth-order valence-corrected chi connectivity index (χ4v) is 4.20. The maximum atomic E-state index is 13.1. The second kappa shape index (κ2) is 10.6. The Labute approximate surface area is 203 Å². The van der Waals surface area contributed by atoms with E-state index in [1.165, 1.54) is 0 Å². The molecule has 1 aliphatic heterocycles. The number of aromatic nitrogens is 3. The van der Waals surface area contributed by atoms with Crippen LogP contribution in [-0.2, 0) is 6.67 Å². The van der Waals surface area contributed by atoms with Gasteiger partial charge in [-0.15, -0.1) is 5.10 Å². The van der Waals surface area contributed by atoms with Crippen molar-refractivity contribution in [3.8, 4) is 11.1 Å². The number of carbonyl (C=O) groups excluding carboxylic acids is 1. The Balaban J connectivity index is 1.24. The van der Waals surface area contributed by atoms with Gasteiger partial charge in [-0.25, -0.2) is 8.91 Å². The van der Waals surface area contributed by atoms with Crippen molar-refractivity contribution in [1.29, 1.82) is 0 Å². The van der Waals surface area contributed by atoms with Crippen LogP contribution in [-0.4, -0.2) is 64.7 Å². The molecule has 1 fully saturated rings. The van der Waals surface area contributed by atoms with Crippen molar-refractivity contribution in [2.45, 2.75) is 6.67 Å². The third kappa shape index (κ3) is 5.47. The molecule has 0 saturated carbocycles. The summed E-state index contributed by atoms with van der Waals surface area (Å²) in [6, 6.07) is 18.4. The van der Waals surface area contributed by atoms with Gasteiger partial charge >= 0.3 is 0 Å². The number of carbonyl (C=O) groups is 1. The molecule has 1 aliphatic rings. The molecular weight excluding hydrogens is 445 g/mol. The summed E-state index contributed by atoms with van der Waals surface area (Å²) in [6.45, 7) is 4.99. The van der Waals surface area contributed by atoms with Crippen molar-refractivity contribution in [2.24, 2.45) is 0 Å². The zero-order valence-electron chi connectivity index (χ0n) is 19.4. The number of amides is 1. The molecule has 35 heavy (non-hydrogen) atoms. The van der Waals surface area contributed by atoms with E-state index in [-0.39, 0.29) is 5.91 Å². The van der Waals surface area contributed by atoms with Crippen LogP contribution in [0.25, 0.3) is 16.8 Å². The van der Waals surface area contributed by atoms with Crippen LogP contribution in [0.3, 0.4) is 0 Å². The fourth-order valence-electron chi connectivity index (χ4n) is 4.20. The summed E-state index contributed by atoms with van der Waals surface area (Å²) in [7, 11) is 0. The molecule has 1 amide bonds. The van der Waals surface area contributed by atoms with Crippen LogP contribution in [0.2, 0.25) is 0 Å². The summed E-state index contributed by atoms with van der Waals surface area (Å²) in [5, 5.41) is 14.0. The van der Waals surface area contributed by atoms with Gasteiger partial charge in [0.1, 0.15) is 6.67 Å². The standard InChI is InChI=1S/C26H28FN7O/c27-18-19-3-1-4-21(17-19)23-5-2-13-34-24(23)31-26(32-34)30-22-8-6-20(7-9-22)25(35)29-12-16-33-14-10-28-11-15-33/h1-9,13,17,28H,10-12,14-16,18H2,(H,29,35)(H,30,32). The van der Waals surface area contributed by atoms with E-state index >= 15 is 0 Å². The average Bonchev–Trinajstić information content (AvgIpc) is 3.32. The van der Waals surface area contributed by atoms with Crippen molar-refractivity contribution >= 4 is 23.2 Å². The maximum absolute atomic E-state index is 13.1. The number of benzene rings is 2. The van der Waals surface area contributed by atoms with E-state index in [2.05, 4.69) is 30.9 Å². The van der Waals surface area contributed by atoms with E-state index in [9.17, 15) is 9.18 Å². The van der Waals surface area contributed by atoms with Crippen molar-refractivity contribution in [3.05, 3.63) is 78.0 Å². The topological polar surface area (TPSA) is 86.6 Å². The van der Waals surface area contributed by atoms with Crippen LogP contribution in [0.1, 0.15) is 15.9 Å². The number of piperazine rings is 1. The molecule has 0 unspecified atom stereocenters. The minimum absolute atomic E-state index is 0.0855. The molecule has 0 bridgehead atoms. The number of fused-ring (bicyclic) bond motifs is 1. The van der Waals surface area contributed by atoms with Crippen LogP contribution in [0.4, 0.5) is 16.0 Å². The van der Waals surface area contributed by atoms with Gasteiger partial charge in [-0.1, -0.05) is 18.2 Å². The zero-order chi connectivity index (χ0) is 24.0. The van der Waals surface area contributed by atoms with Crippen molar-refractivity contribution in [2.75, 3.05) is 44.6 Å². The first kappa shape index (κ1) is 22.9. The van der Waals surface area contributed by atoms with E-state index in [1.54, 1.807) is 22.7 Å². The molecule has 9 heteroatoms. The lowest BCUT2D eigenvalue weighted by molar-refractivity contribution is 0.0947. The first-order valence-electron chi connectivity index (χ1n) is 11.8.